The highest BCUT2D eigenvalue weighted by atomic mass is 35.5. The largest absolute Gasteiger partial charge is 0.476 e. The summed E-state index contributed by atoms with van der Waals surface area (Å²) < 4.78 is 15.9. The molecule has 0 saturated carbocycles. The predicted octanol–water partition coefficient (Wildman–Crippen LogP) is 6.44. The van der Waals surface area contributed by atoms with E-state index in [0.29, 0.717) is 35.7 Å². The lowest BCUT2D eigenvalue weighted by atomic mass is 10.1. The summed E-state index contributed by atoms with van der Waals surface area (Å²) in [7, 11) is -0.109. The zero-order valence-electron chi connectivity index (χ0n) is 25.5. The number of benzene rings is 1. The Hall–Kier alpha value is -2.80. The molecule has 41 heavy (non-hydrogen) atoms. The molecule has 1 fully saturated rings. The van der Waals surface area contributed by atoms with E-state index in [1.807, 2.05) is 17.9 Å². The molecule has 1 N–H and O–H groups in total. The maximum Gasteiger partial charge on any atom is 0.235 e. The monoisotopic (exact) mass is 597 g/mol. The zero-order chi connectivity index (χ0) is 29.7. The van der Waals surface area contributed by atoms with Gasteiger partial charge in [0.15, 0.2) is 6.23 Å². The van der Waals surface area contributed by atoms with E-state index in [4.69, 9.17) is 26.2 Å². The Balaban J connectivity index is 1.78. The second-order valence-electron chi connectivity index (χ2n) is 11.8. The number of hydrogen-bond acceptors (Lipinski definition) is 5. The molecule has 8 nitrogen and oxygen atoms in total. The molecule has 1 amide bonds. The van der Waals surface area contributed by atoms with Gasteiger partial charge in [-0.2, -0.15) is 10.2 Å². The standard InChI is InChI=1S/C31H44ClN5O3Si/c1-21(2)41(22(3)4,23(5)6)17-13-27-25-18-24(11-12-28(25)37(35-27)30-10-8-9-15-39-30)26-20-34-36(7)31(26)40-16-14-33-29(38)19-32/h11-12,18,20-23,30H,8-10,14-16,19H2,1-7H3,(H,33,38). The number of alkyl halides is 1. The number of rotatable bonds is 10. The molecule has 3 heterocycles. The minimum atomic E-state index is -1.95. The van der Waals surface area contributed by atoms with Crippen LogP contribution in [0, 0.1) is 11.5 Å². The third kappa shape index (κ3) is 6.50. The molecule has 0 bridgehead atoms. The van der Waals surface area contributed by atoms with Crippen LogP contribution in [0.1, 0.15) is 72.7 Å². The summed E-state index contributed by atoms with van der Waals surface area (Å²) >= 11 is 5.58. The van der Waals surface area contributed by atoms with Gasteiger partial charge in [0.2, 0.25) is 11.8 Å². The lowest BCUT2D eigenvalue weighted by Gasteiger charge is -2.38. The molecular weight excluding hydrogens is 554 g/mol. The molecule has 1 aromatic carbocycles. The minimum absolute atomic E-state index is 0.0725. The molecule has 3 aromatic rings. The van der Waals surface area contributed by atoms with Gasteiger partial charge in [-0.05, 0) is 53.6 Å². The Labute approximate surface area is 250 Å². The number of carbonyl (C=O) groups excluding carboxylic acids is 1. The van der Waals surface area contributed by atoms with Crippen LogP contribution in [0.5, 0.6) is 5.88 Å². The molecule has 222 valence electrons. The van der Waals surface area contributed by atoms with Gasteiger partial charge in [0.25, 0.3) is 0 Å². The Kier molecular flexibility index (Phi) is 10.2. The van der Waals surface area contributed by atoms with Crippen molar-refractivity contribution in [1.82, 2.24) is 24.9 Å². The van der Waals surface area contributed by atoms with E-state index in [0.717, 1.165) is 53.6 Å². The number of amides is 1. The summed E-state index contributed by atoms with van der Waals surface area (Å²) in [4.78, 5) is 11.5. The Morgan fingerprint density at radius 3 is 2.56 bits per heavy atom. The van der Waals surface area contributed by atoms with E-state index in [-0.39, 0.29) is 18.0 Å². The first-order chi connectivity index (χ1) is 19.6. The average molecular weight is 598 g/mol. The third-order valence-electron chi connectivity index (χ3n) is 8.38. The van der Waals surface area contributed by atoms with Crippen molar-refractivity contribution >= 4 is 36.5 Å². The van der Waals surface area contributed by atoms with Gasteiger partial charge in [-0.15, -0.1) is 17.1 Å². The molecule has 0 spiro atoms. The molecule has 10 heteroatoms. The Bertz CT molecular complexity index is 1390. The van der Waals surface area contributed by atoms with Crippen LogP contribution in [-0.2, 0) is 16.6 Å². The van der Waals surface area contributed by atoms with Gasteiger partial charge < -0.3 is 14.8 Å². The second kappa shape index (κ2) is 13.4. The first kappa shape index (κ1) is 31.1. The molecule has 2 aromatic heterocycles. The van der Waals surface area contributed by atoms with Crippen LogP contribution in [-0.4, -0.2) is 59.2 Å². The molecule has 1 unspecified atom stereocenters. The highest BCUT2D eigenvalue weighted by Gasteiger charge is 2.41. The molecule has 1 aliphatic rings. The molecule has 4 rings (SSSR count). The van der Waals surface area contributed by atoms with Crippen molar-refractivity contribution in [3.05, 3.63) is 30.1 Å². The van der Waals surface area contributed by atoms with Crippen LogP contribution in [0.3, 0.4) is 0 Å². The van der Waals surface area contributed by atoms with Crippen LogP contribution in [0.15, 0.2) is 24.4 Å². The van der Waals surface area contributed by atoms with Crippen molar-refractivity contribution in [3.8, 4) is 28.5 Å². The quantitative estimate of drug-likeness (QED) is 0.126. The molecule has 0 aliphatic carbocycles. The lowest BCUT2D eigenvalue weighted by molar-refractivity contribution is -0.118. The normalized spacial score (nSPS) is 15.9. The number of aromatic nitrogens is 4. The fraction of sp³-hybridized carbons (Fsp3) is 0.581. The van der Waals surface area contributed by atoms with E-state index in [2.05, 4.69) is 81.6 Å². The number of ether oxygens (including phenoxy) is 2. The number of carbonyl (C=O) groups is 1. The molecule has 1 saturated heterocycles. The molecule has 1 aliphatic heterocycles. The Morgan fingerprint density at radius 1 is 1.20 bits per heavy atom. The number of nitrogens with zero attached hydrogens (tertiary/aromatic N) is 4. The van der Waals surface area contributed by atoms with Crippen molar-refractivity contribution in [2.75, 3.05) is 25.6 Å². The molecule has 1 atom stereocenters. The van der Waals surface area contributed by atoms with Crippen molar-refractivity contribution < 1.29 is 14.3 Å². The first-order valence-electron chi connectivity index (χ1n) is 14.7. The van der Waals surface area contributed by atoms with Gasteiger partial charge in [-0.3, -0.25) is 4.79 Å². The predicted molar refractivity (Wildman–Crippen MR) is 168 cm³/mol. The van der Waals surface area contributed by atoms with Crippen LogP contribution < -0.4 is 10.1 Å². The van der Waals surface area contributed by atoms with E-state index in [9.17, 15) is 4.79 Å². The van der Waals surface area contributed by atoms with E-state index in [1.165, 1.54) is 0 Å². The maximum atomic E-state index is 11.5. The van der Waals surface area contributed by atoms with Gasteiger partial charge in [-0.25, -0.2) is 9.36 Å². The van der Waals surface area contributed by atoms with Gasteiger partial charge in [0, 0.05) is 19.0 Å². The second-order valence-corrected chi connectivity index (χ2v) is 17.7. The van der Waals surface area contributed by atoms with E-state index in [1.54, 1.807) is 4.68 Å². The summed E-state index contributed by atoms with van der Waals surface area (Å²) in [6.07, 6.45) is 4.86. The number of halogens is 1. The van der Waals surface area contributed by atoms with E-state index >= 15 is 0 Å². The molecule has 0 radical (unpaired) electrons. The Morgan fingerprint density at radius 2 is 1.93 bits per heavy atom. The number of aryl methyl sites for hydroxylation is 1. The van der Waals surface area contributed by atoms with Crippen molar-refractivity contribution in [2.45, 2.75) is 83.7 Å². The van der Waals surface area contributed by atoms with Crippen LogP contribution in [0.4, 0.5) is 0 Å². The van der Waals surface area contributed by atoms with E-state index < -0.39 is 8.07 Å². The first-order valence-corrected chi connectivity index (χ1v) is 17.5. The fourth-order valence-corrected chi connectivity index (χ4v) is 11.6. The van der Waals surface area contributed by atoms with Crippen molar-refractivity contribution in [2.24, 2.45) is 7.05 Å². The van der Waals surface area contributed by atoms with Gasteiger partial charge in [0.1, 0.15) is 26.3 Å². The van der Waals surface area contributed by atoms with Gasteiger partial charge in [0.05, 0.1) is 23.8 Å². The number of hydrogen-bond donors (Lipinski definition) is 1. The maximum absolute atomic E-state index is 11.5. The summed E-state index contributed by atoms with van der Waals surface area (Å²) in [6.45, 7) is 15.4. The summed E-state index contributed by atoms with van der Waals surface area (Å²) in [5.41, 5.74) is 9.12. The summed E-state index contributed by atoms with van der Waals surface area (Å²) in [5.74, 6) is 3.94. The topological polar surface area (TPSA) is 83.2 Å². The molecular formula is C31H44ClN5O3Si. The van der Waals surface area contributed by atoms with Gasteiger partial charge in [-0.1, -0.05) is 53.5 Å². The van der Waals surface area contributed by atoms with Crippen LogP contribution >= 0.6 is 11.6 Å². The fourth-order valence-electron chi connectivity index (χ4n) is 6.32. The van der Waals surface area contributed by atoms with Crippen LogP contribution in [0.25, 0.3) is 22.0 Å². The number of nitrogens with one attached hydrogen (secondary N) is 1. The zero-order valence-corrected chi connectivity index (χ0v) is 27.2. The van der Waals surface area contributed by atoms with Crippen molar-refractivity contribution in [1.29, 1.82) is 0 Å². The van der Waals surface area contributed by atoms with Crippen LogP contribution in [0.2, 0.25) is 16.6 Å². The van der Waals surface area contributed by atoms with Gasteiger partial charge >= 0.3 is 0 Å². The lowest BCUT2D eigenvalue weighted by Crippen LogP contribution is -2.43. The average Bonchev–Trinajstić information content (AvgIpc) is 3.50. The summed E-state index contributed by atoms with van der Waals surface area (Å²) in [6, 6.07) is 6.33. The smallest absolute Gasteiger partial charge is 0.235 e. The SMILES string of the molecule is CC(C)[Si](C#Cc1nn(C2CCCCO2)c2ccc(-c3cnn(C)c3OCCNC(=O)CCl)cc12)(C(C)C)C(C)C. The highest BCUT2D eigenvalue weighted by Crippen LogP contribution is 2.41. The minimum Gasteiger partial charge on any atom is -0.476 e. The third-order valence-corrected chi connectivity index (χ3v) is 14.9. The van der Waals surface area contributed by atoms with Crippen molar-refractivity contribution in [3.63, 3.8) is 0 Å². The summed E-state index contributed by atoms with van der Waals surface area (Å²) in [5, 5.41) is 13.3. The highest BCUT2D eigenvalue weighted by molar-refractivity contribution is 6.90. The number of fused-ring (bicyclic) bond motifs is 1.